The molecule has 0 saturated carbocycles. The first-order valence-corrected chi connectivity index (χ1v) is 9.31. The van der Waals surface area contributed by atoms with Gasteiger partial charge in [-0.15, -0.1) is 0 Å². The average Bonchev–Trinajstić information content (AvgIpc) is 2.49. The molecule has 0 saturated heterocycles. The second-order valence-corrected chi connectivity index (χ2v) is 6.94. The molecular weight excluding hydrogens is 315 g/mol. The Morgan fingerprint density at radius 2 is 1.45 bits per heavy atom. The van der Waals surface area contributed by atoms with Gasteiger partial charge in [0.1, 0.15) is 0 Å². The molecule has 1 aromatic rings. The van der Waals surface area contributed by atoms with Crippen LogP contribution >= 0.6 is 23.2 Å². The normalized spacial score (nSPS) is 12.4. The van der Waals surface area contributed by atoms with Gasteiger partial charge in [0.15, 0.2) is 5.78 Å². The van der Waals surface area contributed by atoms with E-state index in [-0.39, 0.29) is 11.7 Å². The fraction of sp³-hybridized carbons (Fsp3) is 0.632. The molecule has 0 spiro atoms. The van der Waals surface area contributed by atoms with Crippen molar-refractivity contribution in [2.24, 2.45) is 5.92 Å². The Labute approximate surface area is 145 Å². The Bertz CT molecular complexity index is 436. The van der Waals surface area contributed by atoms with Crippen LogP contribution in [0.3, 0.4) is 0 Å². The molecule has 0 aliphatic rings. The van der Waals surface area contributed by atoms with E-state index in [1.54, 1.807) is 18.2 Å². The molecule has 3 heteroatoms. The molecule has 0 amide bonds. The molecule has 1 unspecified atom stereocenters. The lowest BCUT2D eigenvalue weighted by Gasteiger charge is -2.12. The molecule has 1 aromatic carbocycles. The van der Waals surface area contributed by atoms with Crippen LogP contribution < -0.4 is 0 Å². The predicted octanol–water partition coefficient (Wildman–Crippen LogP) is 7.34. The lowest BCUT2D eigenvalue weighted by atomic mass is 9.93. The number of hydrogen-bond donors (Lipinski definition) is 0. The van der Waals surface area contributed by atoms with E-state index in [0.717, 1.165) is 12.8 Å². The van der Waals surface area contributed by atoms with Crippen molar-refractivity contribution in [1.82, 2.24) is 0 Å². The smallest absolute Gasteiger partial charge is 0.168 e. The maximum absolute atomic E-state index is 12.5. The lowest BCUT2D eigenvalue weighted by molar-refractivity contribution is 0.0922. The summed E-state index contributed by atoms with van der Waals surface area (Å²) in [5.41, 5.74) is 0.484. The maximum Gasteiger partial charge on any atom is 0.168 e. The topological polar surface area (TPSA) is 17.1 Å². The van der Waals surface area contributed by atoms with E-state index < -0.39 is 0 Å². The summed E-state index contributed by atoms with van der Waals surface area (Å²) in [6.45, 7) is 4.22. The molecule has 0 aliphatic heterocycles. The standard InChI is InChI=1S/C19H28Cl2O/c1-3-4-5-6-7-8-9-10-12-15(2)19(22)18-16(20)13-11-14-17(18)21/h11,13-15H,3-10,12H2,1-2H3. The summed E-state index contributed by atoms with van der Waals surface area (Å²) in [5, 5.41) is 0.917. The van der Waals surface area contributed by atoms with Gasteiger partial charge in [0.25, 0.3) is 0 Å². The zero-order valence-corrected chi connectivity index (χ0v) is 15.3. The highest BCUT2D eigenvalue weighted by Gasteiger charge is 2.20. The number of benzene rings is 1. The SMILES string of the molecule is CCCCCCCCCCC(C)C(=O)c1c(Cl)cccc1Cl. The monoisotopic (exact) mass is 342 g/mol. The third-order valence-electron chi connectivity index (χ3n) is 4.15. The molecule has 124 valence electrons. The largest absolute Gasteiger partial charge is 0.294 e. The molecule has 1 atom stereocenters. The number of rotatable bonds is 11. The van der Waals surface area contributed by atoms with Gasteiger partial charge in [-0.3, -0.25) is 4.79 Å². The van der Waals surface area contributed by atoms with E-state index in [0.29, 0.717) is 15.6 Å². The summed E-state index contributed by atoms with van der Waals surface area (Å²) >= 11 is 12.2. The molecule has 0 fully saturated rings. The van der Waals surface area contributed by atoms with Crippen LogP contribution in [0.1, 0.15) is 82.0 Å². The number of hydrogen-bond acceptors (Lipinski definition) is 1. The van der Waals surface area contributed by atoms with Crippen LogP contribution in [-0.4, -0.2) is 5.78 Å². The highest BCUT2D eigenvalue weighted by molar-refractivity contribution is 6.39. The van der Waals surface area contributed by atoms with E-state index in [4.69, 9.17) is 23.2 Å². The number of unbranched alkanes of at least 4 members (excludes halogenated alkanes) is 7. The summed E-state index contributed by atoms with van der Waals surface area (Å²) in [4.78, 5) is 12.5. The molecule has 1 rings (SSSR count). The number of carbonyl (C=O) groups is 1. The van der Waals surface area contributed by atoms with E-state index in [9.17, 15) is 4.79 Å². The van der Waals surface area contributed by atoms with Gasteiger partial charge in [-0.25, -0.2) is 0 Å². The van der Waals surface area contributed by atoms with Crippen LogP contribution in [-0.2, 0) is 0 Å². The quantitative estimate of drug-likeness (QED) is 0.303. The van der Waals surface area contributed by atoms with Crippen molar-refractivity contribution in [1.29, 1.82) is 0 Å². The van der Waals surface area contributed by atoms with Crippen molar-refractivity contribution < 1.29 is 4.79 Å². The van der Waals surface area contributed by atoms with E-state index >= 15 is 0 Å². The second-order valence-electron chi connectivity index (χ2n) is 6.13. The first kappa shape index (κ1) is 19.5. The molecular formula is C19H28Cl2O. The fourth-order valence-corrected chi connectivity index (χ4v) is 3.28. The Balaban J connectivity index is 2.28. The zero-order valence-electron chi connectivity index (χ0n) is 13.8. The number of halogens is 2. The molecule has 0 aromatic heterocycles. The van der Waals surface area contributed by atoms with Crippen LogP contribution in [0.5, 0.6) is 0 Å². The maximum atomic E-state index is 12.5. The number of Topliss-reactive ketones (excluding diaryl/α,β-unsaturated/α-hetero) is 1. The van der Waals surface area contributed by atoms with Crippen LogP contribution in [0.2, 0.25) is 10.0 Å². The van der Waals surface area contributed by atoms with Crippen molar-refractivity contribution in [3.63, 3.8) is 0 Å². The van der Waals surface area contributed by atoms with Gasteiger partial charge in [0.05, 0.1) is 15.6 Å². The summed E-state index contributed by atoms with van der Waals surface area (Å²) in [6, 6.07) is 5.22. The number of ketones is 1. The minimum atomic E-state index is -0.0162. The first-order valence-electron chi connectivity index (χ1n) is 8.56. The Hall–Kier alpha value is -0.530. The summed E-state index contributed by atoms with van der Waals surface area (Å²) in [7, 11) is 0. The van der Waals surface area contributed by atoms with Crippen LogP contribution in [0.4, 0.5) is 0 Å². The van der Waals surface area contributed by atoms with Crippen LogP contribution in [0.25, 0.3) is 0 Å². The third kappa shape index (κ3) is 6.71. The van der Waals surface area contributed by atoms with Gasteiger partial charge in [0, 0.05) is 5.92 Å². The van der Waals surface area contributed by atoms with Crippen molar-refractivity contribution in [3.05, 3.63) is 33.8 Å². The van der Waals surface area contributed by atoms with Gasteiger partial charge in [-0.05, 0) is 18.6 Å². The molecule has 0 N–H and O–H groups in total. The van der Waals surface area contributed by atoms with Crippen LogP contribution in [0.15, 0.2) is 18.2 Å². The number of carbonyl (C=O) groups excluding carboxylic acids is 1. The Morgan fingerprint density at radius 1 is 0.955 bits per heavy atom. The average molecular weight is 343 g/mol. The van der Waals surface area contributed by atoms with Crippen molar-refractivity contribution >= 4 is 29.0 Å². The molecule has 0 radical (unpaired) electrons. The minimum absolute atomic E-state index is 0.0162. The zero-order chi connectivity index (χ0) is 16.4. The molecule has 1 nitrogen and oxygen atoms in total. The van der Waals surface area contributed by atoms with E-state index in [1.807, 2.05) is 6.92 Å². The summed E-state index contributed by atoms with van der Waals surface area (Å²) < 4.78 is 0. The Kier molecular flexibility index (Phi) is 9.82. The molecule has 22 heavy (non-hydrogen) atoms. The summed E-state index contributed by atoms with van der Waals surface area (Å²) in [5.74, 6) is 0.0519. The molecule has 0 bridgehead atoms. The van der Waals surface area contributed by atoms with Gasteiger partial charge in [-0.2, -0.15) is 0 Å². The van der Waals surface area contributed by atoms with Gasteiger partial charge in [-0.1, -0.05) is 94.5 Å². The highest BCUT2D eigenvalue weighted by Crippen LogP contribution is 2.28. The van der Waals surface area contributed by atoms with E-state index in [1.165, 1.54) is 44.9 Å². The predicted molar refractivity (Wildman–Crippen MR) is 97.2 cm³/mol. The summed E-state index contributed by atoms with van der Waals surface area (Å²) in [6.07, 6.45) is 11.2. The Morgan fingerprint density at radius 3 is 2.00 bits per heavy atom. The molecule has 0 heterocycles. The second kappa shape index (κ2) is 11.1. The van der Waals surface area contributed by atoms with Gasteiger partial charge >= 0.3 is 0 Å². The van der Waals surface area contributed by atoms with Gasteiger partial charge < -0.3 is 0 Å². The lowest BCUT2D eigenvalue weighted by Crippen LogP contribution is -2.12. The van der Waals surface area contributed by atoms with Crippen LogP contribution in [0, 0.1) is 5.92 Å². The first-order chi connectivity index (χ1) is 10.6. The van der Waals surface area contributed by atoms with Crippen molar-refractivity contribution in [2.75, 3.05) is 0 Å². The molecule has 0 aliphatic carbocycles. The van der Waals surface area contributed by atoms with Crippen molar-refractivity contribution in [3.8, 4) is 0 Å². The van der Waals surface area contributed by atoms with Crippen molar-refractivity contribution in [2.45, 2.75) is 71.6 Å². The van der Waals surface area contributed by atoms with E-state index in [2.05, 4.69) is 6.92 Å². The highest BCUT2D eigenvalue weighted by atomic mass is 35.5. The fourth-order valence-electron chi connectivity index (χ4n) is 2.70. The minimum Gasteiger partial charge on any atom is -0.294 e. The third-order valence-corrected chi connectivity index (χ3v) is 4.78. The van der Waals surface area contributed by atoms with Gasteiger partial charge in [0.2, 0.25) is 0 Å².